The van der Waals surface area contributed by atoms with Crippen molar-refractivity contribution in [1.29, 1.82) is 0 Å². The van der Waals surface area contributed by atoms with E-state index in [-0.39, 0.29) is 11.3 Å². The molecule has 0 aliphatic rings. The van der Waals surface area contributed by atoms with E-state index in [1.807, 2.05) is 0 Å². The highest BCUT2D eigenvalue weighted by Gasteiger charge is 2.07. The van der Waals surface area contributed by atoms with E-state index in [4.69, 9.17) is 4.74 Å². The SMILES string of the molecule is COc1cc(/C=N/NC(=O)c2cccc(F)c2)cc(C)c1O. The van der Waals surface area contributed by atoms with Gasteiger partial charge in [-0.15, -0.1) is 0 Å². The third-order valence-electron chi connectivity index (χ3n) is 2.97. The molecular weight excluding hydrogens is 287 g/mol. The zero-order valence-electron chi connectivity index (χ0n) is 12.1. The molecule has 1 amide bonds. The van der Waals surface area contributed by atoms with Crippen LogP contribution in [0.1, 0.15) is 21.5 Å². The van der Waals surface area contributed by atoms with Crippen LogP contribution in [0.4, 0.5) is 4.39 Å². The molecule has 0 unspecified atom stereocenters. The summed E-state index contributed by atoms with van der Waals surface area (Å²) in [5.41, 5.74) is 3.75. The van der Waals surface area contributed by atoms with Crippen LogP contribution >= 0.6 is 0 Å². The number of hydrogen-bond acceptors (Lipinski definition) is 4. The number of nitrogens with zero attached hydrogens (tertiary/aromatic N) is 1. The number of aromatic hydroxyl groups is 1. The van der Waals surface area contributed by atoms with Gasteiger partial charge in [-0.1, -0.05) is 6.07 Å². The Hall–Kier alpha value is -2.89. The smallest absolute Gasteiger partial charge is 0.271 e. The fraction of sp³-hybridized carbons (Fsp3) is 0.125. The lowest BCUT2D eigenvalue weighted by atomic mass is 10.1. The molecule has 0 aliphatic heterocycles. The molecule has 0 aromatic heterocycles. The topological polar surface area (TPSA) is 70.9 Å². The largest absolute Gasteiger partial charge is 0.504 e. The maximum absolute atomic E-state index is 13.0. The van der Waals surface area contributed by atoms with Crippen molar-refractivity contribution in [2.75, 3.05) is 7.11 Å². The number of carbonyl (C=O) groups excluding carboxylic acids is 1. The minimum atomic E-state index is -0.516. The van der Waals surface area contributed by atoms with E-state index in [1.165, 1.54) is 31.5 Å². The van der Waals surface area contributed by atoms with Crippen LogP contribution in [0.25, 0.3) is 0 Å². The quantitative estimate of drug-likeness (QED) is 0.673. The predicted octanol–water partition coefficient (Wildman–Crippen LogP) is 2.61. The summed E-state index contributed by atoms with van der Waals surface area (Å²) in [5.74, 6) is -0.630. The normalized spacial score (nSPS) is 10.7. The van der Waals surface area contributed by atoms with Gasteiger partial charge in [0.15, 0.2) is 11.5 Å². The zero-order chi connectivity index (χ0) is 16.1. The van der Waals surface area contributed by atoms with Crippen molar-refractivity contribution in [3.63, 3.8) is 0 Å². The lowest BCUT2D eigenvalue weighted by molar-refractivity contribution is 0.0954. The number of phenols is 1. The first kappa shape index (κ1) is 15.5. The Morgan fingerprint density at radius 3 is 2.82 bits per heavy atom. The highest BCUT2D eigenvalue weighted by atomic mass is 19.1. The van der Waals surface area contributed by atoms with E-state index >= 15 is 0 Å². The van der Waals surface area contributed by atoms with Crippen LogP contribution in [0, 0.1) is 12.7 Å². The summed E-state index contributed by atoms with van der Waals surface area (Å²) in [6, 6.07) is 8.59. The monoisotopic (exact) mass is 302 g/mol. The number of ether oxygens (including phenoxy) is 1. The number of nitrogens with one attached hydrogen (secondary N) is 1. The zero-order valence-corrected chi connectivity index (χ0v) is 12.1. The molecule has 114 valence electrons. The van der Waals surface area contributed by atoms with E-state index in [1.54, 1.807) is 19.1 Å². The average Bonchev–Trinajstić information content (AvgIpc) is 2.50. The van der Waals surface area contributed by atoms with E-state index < -0.39 is 11.7 Å². The molecular formula is C16H15FN2O3. The number of hydrogen-bond donors (Lipinski definition) is 2. The molecule has 0 saturated carbocycles. The van der Waals surface area contributed by atoms with Gasteiger partial charge in [-0.3, -0.25) is 4.79 Å². The Morgan fingerprint density at radius 1 is 1.36 bits per heavy atom. The van der Waals surface area contributed by atoms with Crippen LogP contribution < -0.4 is 10.2 Å². The summed E-state index contributed by atoms with van der Waals surface area (Å²) in [7, 11) is 1.45. The number of halogens is 1. The molecule has 6 heteroatoms. The van der Waals surface area contributed by atoms with Crippen molar-refractivity contribution >= 4 is 12.1 Å². The summed E-state index contributed by atoms with van der Waals surface area (Å²) in [4.78, 5) is 11.8. The fourth-order valence-electron chi connectivity index (χ4n) is 1.86. The number of aryl methyl sites for hydroxylation is 1. The second-order valence-electron chi connectivity index (χ2n) is 4.60. The first-order chi connectivity index (χ1) is 10.5. The van der Waals surface area contributed by atoms with Crippen molar-refractivity contribution in [2.24, 2.45) is 5.10 Å². The third kappa shape index (κ3) is 3.60. The van der Waals surface area contributed by atoms with E-state index in [2.05, 4.69) is 10.5 Å². The summed E-state index contributed by atoms with van der Waals surface area (Å²) in [6.45, 7) is 1.72. The first-order valence-corrected chi connectivity index (χ1v) is 6.48. The Morgan fingerprint density at radius 2 is 2.14 bits per heavy atom. The fourth-order valence-corrected chi connectivity index (χ4v) is 1.86. The summed E-state index contributed by atoms with van der Waals surface area (Å²) in [5, 5.41) is 13.5. The lowest BCUT2D eigenvalue weighted by Crippen LogP contribution is -2.17. The Kier molecular flexibility index (Phi) is 4.73. The van der Waals surface area contributed by atoms with E-state index in [9.17, 15) is 14.3 Å². The van der Waals surface area contributed by atoms with E-state index in [0.29, 0.717) is 16.9 Å². The van der Waals surface area contributed by atoms with Crippen LogP contribution in [0.2, 0.25) is 0 Å². The molecule has 2 aromatic carbocycles. The molecule has 22 heavy (non-hydrogen) atoms. The number of rotatable bonds is 4. The van der Waals surface area contributed by atoms with Gasteiger partial charge in [0.1, 0.15) is 5.82 Å². The molecule has 0 saturated heterocycles. The number of hydrazone groups is 1. The summed E-state index contributed by atoms with van der Waals surface area (Å²) in [6.07, 6.45) is 1.41. The average molecular weight is 302 g/mol. The van der Waals surface area contributed by atoms with Gasteiger partial charge in [0.2, 0.25) is 0 Å². The van der Waals surface area contributed by atoms with Crippen molar-refractivity contribution < 1.29 is 19.0 Å². The molecule has 0 atom stereocenters. The lowest BCUT2D eigenvalue weighted by Gasteiger charge is -2.07. The molecule has 2 N–H and O–H groups in total. The molecule has 0 fully saturated rings. The predicted molar refractivity (Wildman–Crippen MR) is 80.9 cm³/mol. The molecule has 2 aromatic rings. The Bertz CT molecular complexity index is 729. The molecule has 0 bridgehead atoms. The second kappa shape index (κ2) is 6.71. The van der Waals surface area contributed by atoms with Gasteiger partial charge in [0, 0.05) is 5.56 Å². The Labute approximate surface area is 127 Å². The van der Waals surface area contributed by atoms with Gasteiger partial charge >= 0.3 is 0 Å². The van der Waals surface area contributed by atoms with Gasteiger partial charge in [-0.2, -0.15) is 5.10 Å². The van der Waals surface area contributed by atoms with Gasteiger partial charge < -0.3 is 9.84 Å². The minimum absolute atomic E-state index is 0.0587. The number of carbonyl (C=O) groups is 1. The third-order valence-corrected chi connectivity index (χ3v) is 2.97. The van der Waals surface area contributed by atoms with Crippen LogP contribution in [-0.2, 0) is 0 Å². The van der Waals surface area contributed by atoms with Crippen LogP contribution in [0.5, 0.6) is 11.5 Å². The number of methoxy groups -OCH3 is 1. The second-order valence-corrected chi connectivity index (χ2v) is 4.60. The van der Waals surface area contributed by atoms with Crippen LogP contribution in [0.15, 0.2) is 41.5 Å². The highest BCUT2D eigenvalue weighted by Crippen LogP contribution is 2.30. The van der Waals surface area contributed by atoms with Gasteiger partial charge in [-0.05, 0) is 48.4 Å². The maximum Gasteiger partial charge on any atom is 0.271 e. The molecule has 0 heterocycles. The molecule has 0 aliphatic carbocycles. The van der Waals surface area contributed by atoms with Crippen LogP contribution in [0.3, 0.4) is 0 Å². The first-order valence-electron chi connectivity index (χ1n) is 6.48. The molecule has 2 rings (SSSR count). The number of amides is 1. The van der Waals surface area contributed by atoms with Gasteiger partial charge in [0.25, 0.3) is 5.91 Å². The standard InChI is InChI=1S/C16H15FN2O3/c1-10-6-11(7-14(22-2)15(10)20)9-18-19-16(21)12-4-3-5-13(17)8-12/h3-9,20H,1-2H3,(H,19,21)/b18-9+. The van der Waals surface area contributed by atoms with Crippen molar-refractivity contribution in [1.82, 2.24) is 5.43 Å². The van der Waals surface area contributed by atoms with Crippen molar-refractivity contribution in [3.8, 4) is 11.5 Å². The van der Waals surface area contributed by atoms with Crippen molar-refractivity contribution in [3.05, 3.63) is 58.9 Å². The van der Waals surface area contributed by atoms with Crippen molar-refractivity contribution in [2.45, 2.75) is 6.92 Å². The van der Waals surface area contributed by atoms with Crippen LogP contribution in [-0.4, -0.2) is 24.3 Å². The molecule has 0 spiro atoms. The summed E-state index contributed by atoms with van der Waals surface area (Å²) >= 11 is 0. The van der Waals surface area contributed by atoms with Gasteiger partial charge in [0.05, 0.1) is 13.3 Å². The molecule has 0 radical (unpaired) electrons. The number of benzene rings is 2. The minimum Gasteiger partial charge on any atom is -0.504 e. The van der Waals surface area contributed by atoms with Gasteiger partial charge in [-0.25, -0.2) is 9.82 Å². The highest BCUT2D eigenvalue weighted by molar-refractivity contribution is 5.94. The maximum atomic E-state index is 13.0. The van der Waals surface area contributed by atoms with E-state index in [0.717, 1.165) is 6.07 Å². The number of phenolic OH excluding ortho intramolecular Hbond substituents is 1. The Balaban J connectivity index is 2.10. The molecule has 5 nitrogen and oxygen atoms in total. The summed E-state index contributed by atoms with van der Waals surface area (Å²) < 4.78 is 18.1.